The Hall–Kier alpha value is -4.72. The van der Waals surface area contributed by atoms with Crippen molar-refractivity contribution in [2.24, 2.45) is 0 Å². The number of fused-ring (bicyclic) bond motifs is 2. The van der Waals surface area contributed by atoms with Crippen LogP contribution in [0.15, 0.2) is 76.6 Å². The van der Waals surface area contributed by atoms with Crippen molar-refractivity contribution in [3.05, 3.63) is 78.2 Å². The molecule has 0 atom stereocenters. The van der Waals surface area contributed by atoms with Gasteiger partial charge in [-0.1, -0.05) is 31.6 Å². The summed E-state index contributed by atoms with van der Waals surface area (Å²) < 4.78 is 55.2. The summed E-state index contributed by atoms with van der Waals surface area (Å²) in [7, 11) is -4.60. The number of ether oxygens (including phenoxy) is 2. The molecule has 2 aromatic rings. The van der Waals surface area contributed by atoms with Crippen LogP contribution in [0.5, 0.6) is 0 Å². The molecular formula is C40H53N4O8S+. The highest BCUT2D eigenvalue weighted by atomic mass is 32.2. The molecular weight excluding hydrogens is 697 g/mol. The molecule has 1 aliphatic heterocycles. The Labute approximate surface area is 312 Å². The lowest BCUT2D eigenvalue weighted by molar-refractivity contribution is -0.137. The largest absolute Gasteiger partial charge is 0.461 e. The number of alkyl carbamates (subject to hydrolysis) is 1. The maximum atomic E-state index is 13.0. The van der Waals surface area contributed by atoms with Gasteiger partial charge in [0.05, 0.1) is 19.2 Å². The first-order valence-corrected chi connectivity index (χ1v) is 19.8. The van der Waals surface area contributed by atoms with Crippen LogP contribution in [-0.4, -0.2) is 77.5 Å². The third kappa shape index (κ3) is 11.1. The Kier molecular flexibility index (Phi) is 15.4. The van der Waals surface area contributed by atoms with Crippen LogP contribution in [0.3, 0.4) is 0 Å². The van der Waals surface area contributed by atoms with Gasteiger partial charge in [0, 0.05) is 65.6 Å². The van der Waals surface area contributed by atoms with Crippen LogP contribution in [0.2, 0.25) is 0 Å². The van der Waals surface area contributed by atoms with Crippen molar-refractivity contribution in [3.63, 3.8) is 0 Å². The van der Waals surface area contributed by atoms with E-state index in [2.05, 4.69) is 54.4 Å². The number of carbonyl (C=O) groups excluding carboxylic acids is 2. The molecule has 0 aromatic heterocycles. The third-order valence-electron chi connectivity index (χ3n) is 9.13. The van der Waals surface area contributed by atoms with Gasteiger partial charge in [-0.2, -0.15) is 8.42 Å². The van der Waals surface area contributed by atoms with Crippen LogP contribution in [-0.2, 0) is 30.9 Å². The van der Waals surface area contributed by atoms with Gasteiger partial charge >= 0.3 is 12.1 Å². The Morgan fingerprint density at radius 1 is 0.887 bits per heavy atom. The Morgan fingerprint density at radius 3 is 2.32 bits per heavy atom. The minimum absolute atomic E-state index is 0.0441. The molecule has 1 aliphatic carbocycles. The predicted octanol–water partition coefficient (Wildman–Crippen LogP) is 6.21. The first-order valence-electron chi connectivity index (χ1n) is 18.4. The molecule has 1 amide bonds. The van der Waals surface area contributed by atoms with Crippen LogP contribution < -0.4 is 25.5 Å². The highest BCUT2D eigenvalue weighted by molar-refractivity contribution is 7.86. The summed E-state index contributed by atoms with van der Waals surface area (Å²) in [5, 5.41) is 7.63. The maximum absolute atomic E-state index is 13.0. The van der Waals surface area contributed by atoms with Crippen molar-refractivity contribution >= 4 is 38.8 Å². The Bertz CT molecular complexity index is 2010. The first-order chi connectivity index (χ1) is 25.5. The number of rotatable bonds is 20. The lowest BCUT2D eigenvalue weighted by atomic mass is 9.92. The molecule has 3 N–H and O–H groups in total. The summed E-state index contributed by atoms with van der Waals surface area (Å²) >= 11 is 0. The second-order valence-corrected chi connectivity index (χ2v) is 13.9. The van der Waals surface area contributed by atoms with Crippen LogP contribution in [0.25, 0.3) is 33.4 Å². The highest BCUT2D eigenvalue weighted by Gasteiger charge is 2.25. The summed E-state index contributed by atoms with van der Waals surface area (Å²) in [5.74, 6) is 0.0754. The topological polar surface area (TPSA) is 150 Å². The van der Waals surface area contributed by atoms with Gasteiger partial charge in [0.15, 0.2) is 0 Å². The van der Waals surface area contributed by atoms with E-state index in [4.69, 9.17) is 13.9 Å². The van der Waals surface area contributed by atoms with Gasteiger partial charge in [-0.15, -0.1) is 0 Å². The lowest BCUT2D eigenvalue weighted by Gasteiger charge is -2.22. The summed E-state index contributed by atoms with van der Waals surface area (Å²) in [6.07, 6.45) is 3.86. The van der Waals surface area contributed by atoms with E-state index < -0.39 is 22.2 Å². The smallest absolute Gasteiger partial charge is 0.407 e. The molecule has 0 radical (unpaired) electrons. The van der Waals surface area contributed by atoms with Crippen molar-refractivity contribution in [3.8, 4) is 22.5 Å². The fourth-order valence-corrected chi connectivity index (χ4v) is 7.09. The molecule has 0 saturated heterocycles. The number of nitrogens with one attached hydrogen (secondary N) is 2. The molecule has 4 rings (SSSR count). The number of hydrogen-bond acceptors (Lipinski definition) is 9. The lowest BCUT2D eigenvalue weighted by Crippen LogP contribution is -2.29. The molecule has 0 saturated carbocycles. The van der Waals surface area contributed by atoms with Crippen molar-refractivity contribution in [1.29, 1.82) is 0 Å². The minimum atomic E-state index is -4.60. The fraction of sp³-hybridized carbons (Fsp3) is 0.425. The second-order valence-electron chi connectivity index (χ2n) is 12.5. The molecule has 53 heavy (non-hydrogen) atoms. The second kappa shape index (κ2) is 19.9. The summed E-state index contributed by atoms with van der Waals surface area (Å²) in [5.41, 5.74) is 4.19. The maximum Gasteiger partial charge on any atom is 0.407 e. The standard InChI is InChI=1S/C40H52N4O8S/c1-6-38(45)50-24-22-42-40(46)51-23-14-12-11-13-21-41-28-29-15-18-34(37(25-29)53(47,48)49)39-32-19-16-30(43(7-2)8-3)26-35(32)52-36-27-31(17-20-33(36)39)44(9-4)10-5/h6,15-20,25-27,41H,1,7-14,21-24,28H2,2-5H3,(H-,42,46,47,48,49)/p+1. The van der Waals surface area contributed by atoms with E-state index in [1.807, 2.05) is 42.5 Å². The third-order valence-corrected chi connectivity index (χ3v) is 10.0. The molecule has 0 bridgehead atoms. The summed E-state index contributed by atoms with van der Waals surface area (Å²) in [6.45, 7) is 16.6. The average Bonchev–Trinajstić information content (AvgIpc) is 3.15. The quantitative estimate of drug-likeness (QED) is 0.0238. The molecule has 1 heterocycles. The van der Waals surface area contributed by atoms with Gasteiger partial charge in [0.1, 0.15) is 35.9 Å². The highest BCUT2D eigenvalue weighted by Crippen LogP contribution is 2.43. The zero-order valence-electron chi connectivity index (χ0n) is 31.3. The number of carbonyl (C=O) groups is 2. The van der Waals surface area contributed by atoms with Gasteiger partial charge in [-0.3, -0.25) is 4.55 Å². The van der Waals surface area contributed by atoms with Gasteiger partial charge in [0.2, 0.25) is 5.36 Å². The molecule has 2 aliphatic rings. The van der Waals surface area contributed by atoms with Gasteiger partial charge in [0.25, 0.3) is 10.1 Å². The molecule has 2 aromatic carbocycles. The molecule has 0 fully saturated rings. The summed E-state index contributed by atoms with van der Waals surface area (Å²) in [4.78, 5) is 24.8. The average molecular weight is 750 g/mol. The molecule has 0 unspecified atom stereocenters. The van der Waals surface area contributed by atoms with Crippen molar-refractivity contribution < 1.29 is 36.5 Å². The van der Waals surface area contributed by atoms with Gasteiger partial charge in [-0.25, -0.2) is 14.2 Å². The number of anilines is 1. The van der Waals surface area contributed by atoms with Gasteiger partial charge < -0.3 is 29.4 Å². The molecule has 13 heteroatoms. The van der Waals surface area contributed by atoms with E-state index in [-0.39, 0.29) is 24.7 Å². The van der Waals surface area contributed by atoms with Crippen molar-refractivity contribution in [2.75, 3.05) is 57.4 Å². The molecule has 12 nitrogen and oxygen atoms in total. The van der Waals surface area contributed by atoms with E-state index in [9.17, 15) is 22.6 Å². The number of esters is 1. The van der Waals surface area contributed by atoms with Crippen molar-refractivity contribution in [1.82, 2.24) is 15.2 Å². The minimum Gasteiger partial charge on any atom is -0.461 e. The van der Waals surface area contributed by atoms with Crippen LogP contribution in [0, 0.1) is 0 Å². The van der Waals surface area contributed by atoms with E-state index in [1.165, 1.54) is 0 Å². The number of nitrogens with zero attached hydrogens (tertiary/aromatic N) is 2. The molecule has 0 spiro atoms. The first kappa shape index (κ1) is 41.0. The zero-order valence-corrected chi connectivity index (χ0v) is 32.1. The number of benzene rings is 3. The Morgan fingerprint density at radius 2 is 1.62 bits per heavy atom. The van der Waals surface area contributed by atoms with E-state index in [0.717, 1.165) is 79.1 Å². The van der Waals surface area contributed by atoms with E-state index in [0.29, 0.717) is 42.0 Å². The van der Waals surface area contributed by atoms with E-state index >= 15 is 0 Å². The zero-order chi connectivity index (χ0) is 38.4. The number of hydrogen-bond donors (Lipinski definition) is 3. The Balaban J connectivity index is 1.48. The van der Waals surface area contributed by atoms with Gasteiger partial charge in [-0.05, 0) is 76.9 Å². The number of unbranched alkanes of at least 4 members (excludes halogenated alkanes) is 3. The number of amides is 1. The van der Waals surface area contributed by atoms with Crippen LogP contribution >= 0.6 is 0 Å². The van der Waals surface area contributed by atoms with Crippen LogP contribution in [0.4, 0.5) is 10.5 Å². The SMILES string of the molecule is C=CC(=O)OCCNC(=O)OCCCCCCNCc1ccc(-c2c3ccc(=[N+](CC)CC)cc-3oc3cc(N(CC)CC)ccc23)c(S(=O)(=O)O)c1. The summed E-state index contributed by atoms with van der Waals surface area (Å²) in [6, 6.07) is 17.2. The monoisotopic (exact) mass is 749 g/mol. The predicted molar refractivity (Wildman–Crippen MR) is 209 cm³/mol. The van der Waals surface area contributed by atoms with Crippen molar-refractivity contribution in [2.45, 2.75) is 64.8 Å². The fourth-order valence-electron chi connectivity index (χ4n) is 6.34. The van der Waals surface area contributed by atoms with E-state index in [1.54, 1.807) is 12.1 Å². The van der Waals surface area contributed by atoms with Crippen LogP contribution in [0.1, 0.15) is 58.9 Å². The molecule has 286 valence electrons. The normalized spacial score (nSPS) is 11.4.